The number of methoxy groups -OCH3 is 2. The molecule has 0 radical (unpaired) electrons. The van der Waals surface area contributed by atoms with E-state index in [1.54, 1.807) is 12.1 Å². The third kappa shape index (κ3) is 4.83. The normalized spacial score (nSPS) is 16.8. The summed E-state index contributed by atoms with van der Waals surface area (Å²) in [6.45, 7) is 2.25. The van der Waals surface area contributed by atoms with Crippen molar-refractivity contribution >= 4 is 21.8 Å². The second kappa shape index (κ2) is 9.39. The maximum Gasteiger partial charge on any atom is 0.255 e. The second-order valence-corrected chi connectivity index (χ2v) is 7.71. The van der Waals surface area contributed by atoms with Gasteiger partial charge < -0.3 is 14.8 Å². The molecule has 3 rings (SSSR count). The Hall–Kier alpha value is -2.12. The number of carbonyl (C=O) groups excluding carboxylic acids is 1. The lowest BCUT2D eigenvalue weighted by Crippen LogP contribution is -2.39. The minimum absolute atomic E-state index is 0.204. The Kier molecular flexibility index (Phi) is 6.91. The van der Waals surface area contributed by atoms with Gasteiger partial charge in [0.15, 0.2) is 11.5 Å². The third-order valence-corrected chi connectivity index (χ3v) is 5.44. The number of ether oxygens (including phenoxy) is 2. The van der Waals surface area contributed by atoms with E-state index in [9.17, 15) is 9.18 Å². The predicted octanol–water partition coefficient (Wildman–Crippen LogP) is 4.00. The van der Waals surface area contributed by atoms with E-state index >= 15 is 0 Å². The van der Waals surface area contributed by atoms with Crippen molar-refractivity contribution in [3.63, 3.8) is 0 Å². The molecule has 0 bridgehead atoms. The number of likely N-dealkylation sites (tertiary alicyclic amines) is 1. The zero-order valence-electron chi connectivity index (χ0n) is 16.0. The number of halogens is 2. The van der Waals surface area contributed by atoms with Crippen LogP contribution in [-0.2, 0) is 6.54 Å². The molecule has 1 unspecified atom stereocenters. The van der Waals surface area contributed by atoms with Crippen LogP contribution in [0.1, 0.15) is 28.8 Å². The minimum Gasteiger partial charge on any atom is -0.493 e. The molecule has 2 aromatic carbocycles. The highest BCUT2D eigenvalue weighted by molar-refractivity contribution is 9.10. The molecule has 5 nitrogen and oxygen atoms in total. The largest absolute Gasteiger partial charge is 0.493 e. The molecule has 1 atom stereocenters. The average Bonchev–Trinajstić information content (AvgIpc) is 3.14. The van der Waals surface area contributed by atoms with Crippen LogP contribution in [-0.4, -0.2) is 44.2 Å². The number of carbonyl (C=O) groups is 1. The lowest BCUT2D eigenvalue weighted by Gasteiger charge is -2.25. The molecule has 7 heteroatoms. The van der Waals surface area contributed by atoms with Crippen molar-refractivity contribution in [1.29, 1.82) is 0 Å². The molecule has 2 aromatic rings. The fourth-order valence-corrected chi connectivity index (χ4v) is 4.00. The summed E-state index contributed by atoms with van der Waals surface area (Å²) in [5.41, 5.74) is 1.50. The molecule has 28 heavy (non-hydrogen) atoms. The van der Waals surface area contributed by atoms with Crippen LogP contribution in [0.4, 0.5) is 4.39 Å². The Morgan fingerprint density at radius 1 is 1.25 bits per heavy atom. The Labute approximate surface area is 172 Å². The van der Waals surface area contributed by atoms with Gasteiger partial charge in [0.25, 0.3) is 5.91 Å². The van der Waals surface area contributed by atoms with Gasteiger partial charge in [-0.25, -0.2) is 4.39 Å². The van der Waals surface area contributed by atoms with Gasteiger partial charge in [-0.05, 0) is 49.2 Å². The fraction of sp³-hybridized carbons (Fsp3) is 0.381. The van der Waals surface area contributed by atoms with Crippen molar-refractivity contribution in [3.05, 3.63) is 57.8 Å². The van der Waals surface area contributed by atoms with Gasteiger partial charge in [-0.3, -0.25) is 9.69 Å². The molecule has 1 amide bonds. The van der Waals surface area contributed by atoms with Crippen molar-refractivity contribution in [1.82, 2.24) is 10.2 Å². The predicted molar refractivity (Wildman–Crippen MR) is 109 cm³/mol. The Balaban J connectivity index is 1.65. The lowest BCUT2D eigenvalue weighted by atomic mass is 10.1. The number of hydrogen-bond acceptors (Lipinski definition) is 4. The smallest absolute Gasteiger partial charge is 0.255 e. The van der Waals surface area contributed by atoms with E-state index in [2.05, 4.69) is 26.1 Å². The van der Waals surface area contributed by atoms with Crippen molar-refractivity contribution in [2.75, 3.05) is 27.3 Å². The van der Waals surface area contributed by atoms with Gasteiger partial charge in [-0.15, -0.1) is 0 Å². The van der Waals surface area contributed by atoms with Crippen LogP contribution in [0, 0.1) is 5.82 Å². The lowest BCUT2D eigenvalue weighted by molar-refractivity contribution is 0.0936. The summed E-state index contributed by atoms with van der Waals surface area (Å²) in [5.74, 6) is 0.482. The highest BCUT2D eigenvalue weighted by Crippen LogP contribution is 2.34. The Bertz CT molecular complexity index is 829. The third-order valence-electron chi connectivity index (χ3n) is 4.98. The summed E-state index contributed by atoms with van der Waals surface area (Å²) < 4.78 is 24.5. The first-order valence-corrected chi connectivity index (χ1v) is 9.99. The van der Waals surface area contributed by atoms with Gasteiger partial charge in [0.1, 0.15) is 5.82 Å². The number of amides is 1. The van der Waals surface area contributed by atoms with Crippen molar-refractivity contribution in [3.8, 4) is 11.5 Å². The van der Waals surface area contributed by atoms with E-state index in [0.717, 1.165) is 36.0 Å². The van der Waals surface area contributed by atoms with Gasteiger partial charge in [0, 0.05) is 23.6 Å². The van der Waals surface area contributed by atoms with Gasteiger partial charge in [-0.1, -0.05) is 28.1 Å². The van der Waals surface area contributed by atoms with Crippen molar-refractivity contribution in [2.45, 2.75) is 25.4 Å². The molecule has 1 saturated heterocycles. The molecule has 1 aliphatic heterocycles. The number of rotatable bonds is 7. The maximum absolute atomic E-state index is 13.1. The average molecular weight is 451 g/mol. The molecule has 0 spiro atoms. The van der Waals surface area contributed by atoms with Gasteiger partial charge in [-0.2, -0.15) is 0 Å². The van der Waals surface area contributed by atoms with E-state index in [4.69, 9.17) is 9.47 Å². The minimum atomic E-state index is -0.229. The van der Waals surface area contributed by atoms with Crippen LogP contribution in [0.25, 0.3) is 0 Å². The molecular weight excluding hydrogens is 427 g/mol. The Morgan fingerprint density at radius 3 is 2.68 bits per heavy atom. The Morgan fingerprint density at radius 2 is 2.00 bits per heavy atom. The maximum atomic E-state index is 13.1. The zero-order valence-corrected chi connectivity index (χ0v) is 17.6. The molecule has 1 fully saturated rings. The quantitative estimate of drug-likeness (QED) is 0.692. The number of nitrogens with one attached hydrogen (secondary N) is 1. The summed E-state index contributed by atoms with van der Waals surface area (Å²) in [4.78, 5) is 15.1. The molecule has 0 saturated carbocycles. The first-order chi connectivity index (χ1) is 13.5. The SMILES string of the molecule is COc1cc(Br)cc(C(=O)NCC2CCCN2Cc2ccc(F)cc2)c1OC. The summed E-state index contributed by atoms with van der Waals surface area (Å²) in [6, 6.07) is 10.3. The topological polar surface area (TPSA) is 50.8 Å². The highest BCUT2D eigenvalue weighted by Gasteiger charge is 2.26. The number of hydrogen-bond donors (Lipinski definition) is 1. The van der Waals surface area contributed by atoms with E-state index in [0.29, 0.717) is 23.6 Å². The van der Waals surface area contributed by atoms with Crippen molar-refractivity contribution in [2.24, 2.45) is 0 Å². The van der Waals surface area contributed by atoms with E-state index in [1.165, 1.54) is 26.4 Å². The van der Waals surface area contributed by atoms with E-state index < -0.39 is 0 Å². The monoisotopic (exact) mass is 450 g/mol. The zero-order chi connectivity index (χ0) is 20.1. The first-order valence-electron chi connectivity index (χ1n) is 9.20. The van der Waals surface area contributed by atoms with E-state index in [1.807, 2.05) is 12.1 Å². The molecule has 150 valence electrons. The van der Waals surface area contributed by atoms with Crippen LogP contribution in [0.2, 0.25) is 0 Å². The fourth-order valence-electron chi connectivity index (χ4n) is 3.56. The number of nitrogens with zero attached hydrogens (tertiary/aromatic N) is 1. The van der Waals surface area contributed by atoms with Crippen LogP contribution >= 0.6 is 15.9 Å². The summed E-state index contributed by atoms with van der Waals surface area (Å²) in [5, 5.41) is 3.02. The second-order valence-electron chi connectivity index (χ2n) is 6.79. The van der Waals surface area contributed by atoms with Gasteiger partial charge in [0.05, 0.1) is 19.8 Å². The van der Waals surface area contributed by atoms with Gasteiger partial charge >= 0.3 is 0 Å². The molecule has 0 aliphatic carbocycles. The first kappa shape index (κ1) is 20.6. The summed E-state index contributed by atoms with van der Waals surface area (Å²) in [7, 11) is 3.06. The van der Waals surface area contributed by atoms with Crippen LogP contribution in [0.3, 0.4) is 0 Å². The molecular formula is C21H24BrFN2O3. The van der Waals surface area contributed by atoms with Crippen LogP contribution in [0.15, 0.2) is 40.9 Å². The molecule has 1 heterocycles. The summed E-state index contributed by atoms with van der Waals surface area (Å²) >= 11 is 3.40. The van der Waals surface area contributed by atoms with Gasteiger partial charge in [0.2, 0.25) is 0 Å². The van der Waals surface area contributed by atoms with Crippen LogP contribution in [0.5, 0.6) is 11.5 Å². The van der Waals surface area contributed by atoms with Crippen LogP contribution < -0.4 is 14.8 Å². The number of benzene rings is 2. The standard InChI is InChI=1S/C21H24BrFN2O3/c1-27-19-11-15(22)10-18(20(19)28-2)21(26)24-12-17-4-3-9-25(17)13-14-5-7-16(23)8-6-14/h5-8,10-11,17H,3-4,9,12-13H2,1-2H3,(H,24,26). The molecule has 0 aromatic heterocycles. The molecule has 1 aliphatic rings. The summed E-state index contributed by atoms with van der Waals surface area (Å²) in [6.07, 6.45) is 2.09. The van der Waals surface area contributed by atoms with Crippen molar-refractivity contribution < 1.29 is 18.7 Å². The highest BCUT2D eigenvalue weighted by atomic mass is 79.9. The van der Waals surface area contributed by atoms with E-state index in [-0.39, 0.29) is 17.8 Å². The molecule has 1 N–H and O–H groups in total.